The van der Waals surface area contributed by atoms with Crippen LogP contribution in [0.4, 0.5) is 16.0 Å². The second kappa shape index (κ2) is 9.37. The third kappa shape index (κ3) is 4.53. The molecule has 4 N–H and O–H groups in total. The van der Waals surface area contributed by atoms with Crippen molar-refractivity contribution in [2.75, 3.05) is 11.1 Å². The number of fused-ring (bicyclic) bond motifs is 2. The first-order valence-electron chi connectivity index (χ1n) is 11.1. The summed E-state index contributed by atoms with van der Waals surface area (Å²) in [6, 6.07) is 14.9. The molecule has 3 aromatic heterocycles. The topological polar surface area (TPSA) is 144 Å². The van der Waals surface area contributed by atoms with Gasteiger partial charge in [-0.1, -0.05) is 30.3 Å². The number of nitrogens with zero attached hydrogens (tertiary/aromatic N) is 6. The normalized spacial score (nSPS) is 14.2. The summed E-state index contributed by atoms with van der Waals surface area (Å²) < 4.78 is 13.5. The zero-order chi connectivity index (χ0) is 25.2. The predicted molar refractivity (Wildman–Crippen MR) is 131 cm³/mol. The predicted octanol–water partition coefficient (Wildman–Crippen LogP) is 3.34. The maximum absolute atomic E-state index is 12.0. The van der Waals surface area contributed by atoms with Crippen molar-refractivity contribution in [2.45, 2.75) is 19.3 Å². The molecule has 0 fully saturated rings. The van der Waals surface area contributed by atoms with Gasteiger partial charge in [-0.15, -0.1) is 0 Å². The molecule has 1 aliphatic heterocycles. The van der Waals surface area contributed by atoms with E-state index in [2.05, 4.69) is 30.4 Å². The van der Waals surface area contributed by atoms with Crippen LogP contribution in [0.1, 0.15) is 29.7 Å². The largest absolute Gasteiger partial charge is 0.508 e. The molecule has 36 heavy (non-hydrogen) atoms. The van der Waals surface area contributed by atoms with Crippen molar-refractivity contribution in [2.24, 2.45) is 0 Å². The number of rotatable bonds is 3. The number of nitrogens with two attached hydrogens (primary N) is 1. The van der Waals surface area contributed by atoms with E-state index in [1.54, 1.807) is 54.0 Å². The molecule has 5 aromatic rings. The van der Waals surface area contributed by atoms with Gasteiger partial charge in [0.2, 0.25) is 5.91 Å². The van der Waals surface area contributed by atoms with Crippen LogP contribution in [0.5, 0.6) is 5.75 Å². The Kier molecular flexibility index (Phi) is 5.95. The summed E-state index contributed by atoms with van der Waals surface area (Å²) in [6.07, 6.45) is 3.53. The van der Waals surface area contributed by atoms with Crippen LogP contribution < -0.4 is 11.1 Å². The Labute approximate surface area is 204 Å². The summed E-state index contributed by atoms with van der Waals surface area (Å²) in [7, 11) is 0. The van der Waals surface area contributed by atoms with Crippen LogP contribution in [0, 0.1) is 5.82 Å². The number of nitrogens with one attached hydrogen (secondary N) is 1. The Bertz CT molecular complexity index is 1570. The summed E-state index contributed by atoms with van der Waals surface area (Å²) in [4.78, 5) is 29.7. The van der Waals surface area contributed by atoms with Gasteiger partial charge in [0.05, 0.1) is 17.8 Å². The van der Waals surface area contributed by atoms with Gasteiger partial charge in [0.25, 0.3) is 0 Å². The molecular weight excluding hydrogens is 463 g/mol. The number of anilines is 2. The zero-order valence-corrected chi connectivity index (χ0v) is 19.1. The van der Waals surface area contributed by atoms with Gasteiger partial charge in [-0.3, -0.25) is 4.79 Å². The first kappa shape index (κ1) is 22.8. The van der Waals surface area contributed by atoms with Crippen molar-refractivity contribution in [1.82, 2.24) is 29.5 Å². The van der Waals surface area contributed by atoms with Gasteiger partial charge in [0.1, 0.15) is 35.2 Å². The first-order valence-corrected chi connectivity index (χ1v) is 11.1. The van der Waals surface area contributed by atoms with E-state index < -0.39 is 5.92 Å². The number of phenols is 1. The third-order valence-electron chi connectivity index (χ3n) is 5.62. The third-order valence-corrected chi connectivity index (χ3v) is 5.62. The molecule has 1 amide bonds. The van der Waals surface area contributed by atoms with Crippen molar-refractivity contribution >= 4 is 23.2 Å². The number of carbonyl (C=O) groups is 1. The summed E-state index contributed by atoms with van der Waals surface area (Å²) >= 11 is 0. The molecule has 10 nitrogen and oxygen atoms in total. The van der Waals surface area contributed by atoms with Crippen molar-refractivity contribution in [3.8, 4) is 17.3 Å². The molecular formula is C25H21FN8O2. The van der Waals surface area contributed by atoms with E-state index in [0.717, 1.165) is 5.56 Å². The Morgan fingerprint density at radius 1 is 1.11 bits per heavy atom. The van der Waals surface area contributed by atoms with Crippen LogP contribution in [-0.4, -0.2) is 40.6 Å². The number of hydrogen-bond acceptors (Lipinski definition) is 8. The number of aromatic hydroxyl groups is 1. The van der Waals surface area contributed by atoms with E-state index in [0.29, 0.717) is 34.8 Å². The molecule has 0 spiro atoms. The van der Waals surface area contributed by atoms with Gasteiger partial charge in [-0.2, -0.15) is 5.10 Å². The number of halogens is 1. The van der Waals surface area contributed by atoms with Crippen LogP contribution in [0.25, 0.3) is 17.2 Å². The van der Waals surface area contributed by atoms with Crippen molar-refractivity contribution in [3.63, 3.8) is 0 Å². The molecule has 0 saturated heterocycles. The van der Waals surface area contributed by atoms with E-state index in [1.165, 1.54) is 18.5 Å². The van der Waals surface area contributed by atoms with E-state index >= 15 is 0 Å². The quantitative estimate of drug-likeness (QED) is 0.354. The number of aromatic nitrogens is 6. The lowest BCUT2D eigenvalue weighted by atomic mass is 10.1. The maximum Gasteiger partial charge on any atom is 0.233 e. The lowest BCUT2D eigenvalue weighted by molar-refractivity contribution is -0.116. The van der Waals surface area contributed by atoms with Crippen LogP contribution >= 0.6 is 0 Å². The fourth-order valence-corrected chi connectivity index (χ4v) is 3.87. The molecule has 0 radical (unpaired) electrons. The molecule has 180 valence electrons. The van der Waals surface area contributed by atoms with E-state index in [-0.39, 0.29) is 29.1 Å². The van der Waals surface area contributed by atoms with E-state index in [9.17, 15) is 14.3 Å². The maximum atomic E-state index is 12.0. The lowest BCUT2D eigenvalue weighted by Crippen LogP contribution is -2.09. The van der Waals surface area contributed by atoms with Gasteiger partial charge < -0.3 is 16.2 Å². The first-order chi connectivity index (χ1) is 17.4. The summed E-state index contributed by atoms with van der Waals surface area (Å²) in [5, 5.41) is 16.7. The fraction of sp³-hybridized carbons (Fsp3) is 0.120. The molecule has 11 heteroatoms. The number of hydrogen-bond donors (Lipinski definition) is 3. The number of nitrogen functional groups attached to an aromatic ring is 1. The highest BCUT2D eigenvalue weighted by Crippen LogP contribution is 2.35. The Balaban J connectivity index is 0.000000330. The van der Waals surface area contributed by atoms with Gasteiger partial charge in [-0.05, 0) is 36.8 Å². The van der Waals surface area contributed by atoms with Gasteiger partial charge in [0, 0.05) is 12.0 Å². The number of amides is 1. The average molecular weight is 484 g/mol. The fourth-order valence-electron chi connectivity index (χ4n) is 3.87. The lowest BCUT2D eigenvalue weighted by Gasteiger charge is -2.09. The SMILES string of the molecule is C[C@H]1C(=O)Nc2nc(-c3cn4ncnc4c(Cc4cccc(O)c4)n3)nc(N)c21.Fc1ccccc1. The van der Waals surface area contributed by atoms with Crippen molar-refractivity contribution in [3.05, 3.63) is 89.8 Å². The average Bonchev–Trinajstić information content (AvgIpc) is 3.44. The Morgan fingerprint density at radius 3 is 2.64 bits per heavy atom. The molecule has 2 aromatic carbocycles. The highest BCUT2D eigenvalue weighted by Gasteiger charge is 2.31. The second-order valence-electron chi connectivity index (χ2n) is 8.15. The molecule has 1 atom stereocenters. The molecule has 6 rings (SSSR count). The molecule has 0 saturated carbocycles. The Hall–Kier alpha value is -4.93. The van der Waals surface area contributed by atoms with Crippen LogP contribution in [0.2, 0.25) is 0 Å². The van der Waals surface area contributed by atoms with E-state index in [4.69, 9.17) is 5.73 Å². The van der Waals surface area contributed by atoms with Gasteiger partial charge >= 0.3 is 0 Å². The van der Waals surface area contributed by atoms with Crippen molar-refractivity contribution < 1.29 is 14.3 Å². The summed E-state index contributed by atoms with van der Waals surface area (Å²) in [5.74, 6) is 0.364. The molecule has 1 aliphatic rings. The number of carbonyl (C=O) groups excluding carboxylic acids is 1. The van der Waals surface area contributed by atoms with Crippen molar-refractivity contribution in [1.29, 1.82) is 0 Å². The zero-order valence-electron chi connectivity index (χ0n) is 19.1. The monoisotopic (exact) mass is 484 g/mol. The van der Waals surface area contributed by atoms with Crippen LogP contribution in [0.3, 0.4) is 0 Å². The molecule has 0 aliphatic carbocycles. The molecule has 0 unspecified atom stereocenters. The number of benzene rings is 2. The van der Waals surface area contributed by atoms with E-state index in [1.807, 2.05) is 6.07 Å². The highest BCUT2D eigenvalue weighted by atomic mass is 19.1. The summed E-state index contributed by atoms with van der Waals surface area (Å²) in [5.41, 5.74) is 9.25. The Morgan fingerprint density at radius 2 is 1.92 bits per heavy atom. The number of phenolic OH excluding ortho intramolecular Hbond substituents is 1. The van der Waals surface area contributed by atoms with Crippen LogP contribution in [0.15, 0.2) is 67.1 Å². The van der Waals surface area contributed by atoms with Gasteiger partial charge in [0.15, 0.2) is 11.5 Å². The minimum absolute atomic E-state index is 0.164. The summed E-state index contributed by atoms with van der Waals surface area (Å²) in [6.45, 7) is 1.76. The highest BCUT2D eigenvalue weighted by molar-refractivity contribution is 6.03. The minimum atomic E-state index is -0.397. The smallest absolute Gasteiger partial charge is 0.233 e. The molecule has 4 heterocycles. The van der Waals surface area contributed by atoms with Gasteiger partial charge in [-0.25, -0.2) is 28.8 Å². The minimum Gasteiger partial charge on any atom is -0.508 e. The molecule has 0 bridgehead atoms. The van der Waals surface area contributed by atoms with Crippen LogP contribution in [-0.2, 0) is 11.2 Å². The standard InChI is InChI=1S/C19H16N8O2.C6H5F/c1-9-14-15(20)24-16(25-17(14)26-19(9)29)13-7-27-18(21-8-22-27)12(23-13)6-10-3-2-4-11(28)5-10;7-6-4-2-1-3-5-6/h2-5,7-9,28H,6H2,1H3,(H3,20,24,25,26,29);1-5H/t9-;/m1./s1. The second-order valence-corrected chi connectivity index (χ2v) is 8.15.